The lowest BCUT2D eigenvalue weighted by Gasteiger charge is -2.28. The molecule has 0 saturated carbocycles. The van der Waals surface area contributed by atoms with Crippen molar-refractivity contribution in [3.8, 4) is 22.6 Å². The summed E-state index contributed by atoms with van der Waals surface area (Å²) in [7, 11) is 1.97. The fourth-order valence-electron chi connectivity index (χ4n) is 4.06. The van der Waals surface area contributed by atoms with Gasteiger partial charge in [0.25, 0.3) is 0 Å². The van der Waals surface area contributed by atoms with Gasteiger partial charge >= 0.3 is 6.03 Å². The zero-order valence-electron chi connectivity index (χ0n) is 18.8. The summed E-state index contributed by atoms with van der Waals surface area (Å²) in [6.07, 6.45) is 6.45. The molecule has 4 heterocycles. The van der Waals surface area contributed by atoms with Crippen LogP contribution >= 0.6 is 0 Å². The third-order valence-corrected chi connectivity index (χ3v) is 5.87. The highest BCUT2D eigenvalue weighted by atomic mass is 19.1. The lowest BCUT2D eigenvalue weighted by molar-refractivity contribution is 0.255. The molecule has 0 saturated heterocycles. The number of oxazole rings is 1. The third-order valence-electron chi connectivity index (χ3n) is 5.87. The molecule has 1 aliphatic heterocycles. The summed E-state index contributed by atoms with van der Waals surface area (Å²) in [4.78, 5) is 29.9. The Labute approximate surface area is 196 Å². The van der Waals surface area contributed by atoms with Gasteiger partial charge in [-0.3, -0.25) is 9.88 Å². The number of hydrogen-bond acceptors (Lipinski definition) is 6. The molecule has 1 atom stereocenters. The predicted molar refractivity (Wildman–Crippen MR) is 128 cm³/mol. The minimum Gasteiger partial charge on any atom is -0.444 e. The van der Waals surface area contributed by atoms with E-state index in [4.69, 9.17) is 9.40 Å². The van der Waals surface area contributed by atoms with E-state index in [1.165, 1.54) is 12.5 Å². The highest BCUT2D eigenvalue weighted by Gasteiger charge is 2.30. The average molecular weight is 458 g/mol. The molecular weight excluding hydrogens is 435 g/mol. The summed E-state index contributed by atoms with van der Waals surface area (Å²) < 4.78 is 19.1. The second kappa shape index (κ2) is 8.93. The number of rotatable bonds is 3. The molecule has 1 aromatic carbocycles. The number of anilines is 3. The largest absolute Gasteiger partial charge is 0.444 e. The maximum atomic E-state index is 13.8. The third kappa shape index (κ3) is 4.19. The van der Waals surface area contributed by atoms with Gasteiger partial charge in [0, 0.05) is 42.6 Å². The Morgan fingerprint density at radius 2 is 2.00 bits per heavy atom. The molecule has 172 valence electrons. The van der Waals surface area contributed by atoms with Gasteiger partial charge in [-0.05, 0) is 43.7 Å². The van der Waals surface area contributed by atoms with Gasteiger partial charge in [-0.1, -0.05) is 12.1 Å². The maximum absolute atomic E-state index is 13.8. The summed E-state index contributed by atoms with van der Waals surface area (Å²) in [5.74, 6) is 0.681. The zero-order chi connectivity index (χ0) is 23.7. The first kappa shape index (κ1) is 21.6. The molecule has 4 aromatic rings. The summed E-state index contributed by atoms with van der Waals surface area (Å²) in [5.41, 5.74) is 3.33. The molecule has 0 aliphatic carbocycles. The number of urea groups is 1. The first-order valence-corrected chi connectivity index (χ1v) is 10.9. The second-order valence-electron chi connectivity index (χ2n) is 8.24. The average Bonchev–Trinajstić information content (AvgIpc) is 3.34. The van der Waals surface area contributed by atoms with Gasteiger partial charge in [-0.2, -0.15) is 0 Å². The standard InChI is InChI=1S/C25H23FN6O2/c1-16-8-9-31(2)22-7-6-21(18-10-19(26)13-27-12-18)30-24(22)32(16)25(33)29-20-5-3-4-17(11-20)23-14-28-15-34-23/h3-7,10-16H,8-9H2,1-2H3,(H,29,33)/t16-/m1/s1. The monoisotopic (exact) mass is 458 g/mol. The van der Waals surface area contributed by atoms with Gasteiger partial charge in [0.1, 0.15) is 5.82 Å². The van der Waals surface area contributed by atoms with E-state index < -0.39 is 5.82 Å². The van der Waals surface area contributed by atoms with Crippen molar-refractivity contribution in [2.75, 3.05) is 28.7 Å². The van der Waals surface area contributed by atoms with E-state index in [-0.39, 0.29) is 12.1 Å². The van der Waals surface area contributed by atoms with Crippen molar-refractivity contribution in [3.05, 3.63) is 73.3 Å². The lowest BCUT2D eigenvalue weighted by Crippen LogP contribution is -2.42. The van der Waals surface area contributed by atoms with E-state index in [0.29, 0.717) is 28.5 Å². The van der Waals surface area contributed by atoms with Crippen LogP contribution in [0, 0.1) is 5.82 Å². The molecule has 8 nitrogen and oxygen atoms in total. The molecule has 2 amide bonds. The quantitative estimate of drug-likeness (QED) is 0.454. The number of aromatic nitrogens is 3. The van der Waals surface area contributed by atoms with Gasteiger partial charge in [0.05, 0.1) is 23.8 Å². The minimum atomic E-state index is -0.444. The fourth-order valence-corrected chi connectivity index (χ4v) is 4.06. The normalized spacial score (nSPS) is 15.6. The van der Waals surface area contributed by atoms with Gasteiger partial charge in [-0.25, -0.2) is 19.2 Å². The van der Waals surface area contributed by atoms with Crippen LogP contribution in [-0.4, -0.2) is 40.6 Å². The number of carbonyl (C=O) groups is 1. The van der Waals surface area contributed by atoms with Crippen molar-refractivity contribution in [3.63, 3.8) is 0 Å². The molecule has 0 spiro atoms. The van der Waals surface area contributed by atoms with Crippen LogP contribution in [0.5, 0.6) is 0 Å². The van der Waals surface area contributed by atoms with Crippen LogP contribution in [-0.2, 0) is 0 Å². The molecule has 9 heteroatoms. The number of pyridine rings is 2. The van der Waals surface area contributed by atoms with Crippen LogP contribution in [0.25, 0.3) is 22.6 Å². The van der Waals surface area contributed by atoms with E-state index in [1.54, 1.807) is 17.3 Å². The molecule has 34 heavy (non-hydrogen) atoms. The molecule has 0 unspecified atom stereocenters. The molecule has 0 fully saturated rings. The van der Waals surface area contributed by atoms with Crippen LogP contribution in [0.2, 0.25) is 0 Å². The molecule has 0 bridgehead atoms. The lowest BCUT2D eigenvalue weighted by atomic mass is 10.1. The number of amides is 2. The number of hydrogen-bond donors (Lipinski definition) is 1. The van der Waals surface area contributed by atoms with Gasteiger partial charge in [0.15, 0.2) is 18.0 Å². The van der Waals surface area contributed by atoms with Crippen molar-refractivity contribution in [2.24, 2.45) is 0 Å². The number of nitrogens with zero attached hydrogens (tertiary/aromatic N) is 5. The van der Waals surface area contributed by atoms with E-state index >= 15 is 0 Å². The summed E-state index contributed by atoms with van der Waals surface area (Å²) in [5, 5.41) is 2.99. The Balaban J connectivity index is 1.51. The smallest absolute Gasteiger partial charge is 0.327 e. The van der Waals surface area contributed by atoms with Crippen LogP contribution in [0.15, 0.2) is 71.9 Å². The first-order chi connectivity index (χ1) is 16.5. The zero-order valence-corrected chi connectivity index (χ0v) is 18.8. The SMILES string of the molecule is C[C@@H]1CCN(C)c2ccc(-c3cncc(F)c3)nc2N1C(=O)Nc1cccc(-c2cnco2)c1. The van der Waals surface area contributed by atoms with Crippen LogP contribution < -0.4 is 15.1 Å². The maximum Gasteiger partial charge on any atom is 0.327 e. The van der Waals surface area contributed by atoms with Gasteiger partial charge in [-0.15, -0.1) is 0 Å². The number of benzene rings is 1. The summed E-state index contributed by atoms with van der Waals surface area (Å²) in [6.45, 7) is 2.76. The van der Waals surface area contributed by atoms with Gasteiger partial charge < -0.3 is 14.6 Å². The van der Waals surface area contributed by atoms with E-state index in [2.05, 4.69) is 20.2 Å². The second-order valence-corrected chi connectivity index (χ2v) is 8.24. The van der Waals surface area contributed by atoms with Crippen molar-refractivity contribution < 1.29 is 13.6 Å². The fraction of sp³-hybridized carbons (Fsp3) is 0.200. The number of halogens is 1. The predicted octanol–water partition coefficient (Wildman–Crippen LogP) is 5.20. The number of nitrogens with one attached hydrogen (secondary N) is 1. The highest BCUT2D eigenvalue weighted by molar-refractivity contribution is 6.04. The number of carbonyl (C=O) groups excluding carboxylic acids is 1. The Kier molecular flexibility index (Phi) is 5.67. The summed E-state index contributed by atoms with van der Waals surface area (Å²) >= 11 is 0. The van der Waals surface area contributed by atoms with Crippen molar-refractivity contribution >= 4 is 23.2 Å². The van der Waals surface area contributed by atoms with Crippen molar-refractivity contribution in [2.45, 2.75) is 19.4 Å². The first-order valence-electron chi connectivity index (χ1n) is 10.9. The van der Waals surface area contributed by atoms with E-state index in [9.17, 15) is 9.18 Å². The Hall–Kier alpha value is -4.27. The highest BCUT2D eigenvalue weighted by Crippen LogP contribution is 2.35. The van der Waals surface area contributed by atoms with Gasteiger partial charge in [0.2, 0.25) is 0 Å². The van der Waals surface area contributed by atoms with E-state index in [0.717, 1.165) is 30.4 Å². The topological polar surface area (TPSA) is 87.4 Å². The number of fused-ring (bicyclic) bond motifs is 1. The Bertz CT molecular complexity index is 1330. The summed E-state index contributed by atoms with van der Waals surface area (Å²) in [6, 6.07) is 12.1. The molecule has 3 aromatic heterocycles. The minimum absolute atomic E-state index is 0.116. The van der Waals surface area contributed by atoms with Crippen LogP contribution in [0.3, 0.4) is 0 Å². The molecule has 5 rings (SSSR count). The molecule has 1 N–H and O–H groups in total. The van der Waals surface area contributed by atoms with Crippen molar-refractivity contribution in [1.82, 2.24) is 15.0 Å². The van der Waals surface area contributed by atoms with Crippen molar-refractivity contribution in [1.29, 1.82) is 0 Å². The molecular formula is C25H23FN6O2. The van der Waals surface area contributed by atoms with Crippen LogP contribution in [0.1, 0.15) is 13.3 Å². The van der Waals surface area contributed by atoms with E-state index in [1.807, 2.05) is 50.4 Å². The molecule has 1 aliphatic rings. The Morgan fingerprint density at radius 1 is 1.12 bits per heavy atom. The Morgan fingerprint density at radius 3 is 2.79 bits per heavy atom. The molecule has 0 radical (unpaired) electrons. The van der Waals surface area contributed by atoms with Crippen LogP contribution in [0.4, 0.5) is 26.4 Å².